The highest BCUT2D eigenvalue weighted by molar-refractivity contribution is 7.98. The Balaban J connectivity index is 1.73. The van der Waals surface area contributed by atoms with E-state index in [2.05, 4.69) is 5.32 Å². The third-order valence-electron chi connectivity index (χ3n) is 4.43. The molecule has 0 spiro atoms. The van der Waals surface area contributed by atoms with E-state index in [1.165, 1.54) is 10.6 Å². The second kappa shape index (κ2) is 11.8. The Hall–Kier alpha value is -1.41. The number of hydrogen-bond acceptors (Lipinski definition) is 4. The molecule has 0 aliphatic carbocycles. The first kappa shape index (κ1) is 24.9. The average Bonchev–Trinajstić information content (AvgIpc) is 2.67. The van der Waals surface area contributed by atoms with Gasteiger partial charge in [0.15, 0.2) is 0 Å². The summed E-state index contributed by atoms with van der Waals surface area (Å²) in [5.41, 5.74) is 2.42. The molecule has 0 saturated heterocycles. The minimum absolute atomic E-state index is 0.0930. The lowest BCUT2D eigenvalue weighted by Gasteiger charge is -2.24. The number of nitrogens with one attached hydrogen (secondary N) is 1. The van der Waals surface area contributed by atoms with Crippen molar-refractivity contribution in [2.24, 2.45) is 0 Å². The van der Waals surface area contributed by atoms with Crippen LogP contribution < -0.4 is 9.62 Å². The number of thioether (sulfide) groups is 1. The Kier molecular flexibility index (Phi) is 9.81. The van der Waals surface area contributed by atoms with E-state index in [0.717, 1.165) is 16.9 Å². The lowest BCUT2D eigenvalue weighted by molar-refractivity contribution is -0.121. The molecule has 0 heterocycles. The number of sulfonamides is 1. The highest BCUT2D eigenvalue weighted by Crippen LogP contribution is 2.28. The maximum atomic E-state index is 12.2. The molecule has 0 bridgehead atoms. The van der Waals surface area contributed by atoms with Gasteiger partial charge in [0, 0.05) is 41.1 Å². The molecule has 0 aliphatic rings. The zero-order chi connectivity index (χ0) is 22.1. The van der Waals surface area contributed by atoms with Crippen LogP contribution in [0.1, 0.15) is 24.0 Å². The van der Waals surface area contributed by atoms with E-state index in [4.69, 9.17) is 23.2 Å². The van der Waals surface area contributed by atoms with Crippen molar-refractivity contribution in [3.05, 3.63) is 63.6 Å². The normalized spacial score (nSPS) is 11.3. The highest BCUT2D eigenvalue weighted by atomic mass is 35.5. The molecule has 1 amide bonds. The van der Waals surface area contributed by atoms with Gasteiger partial charge < -0.3 is 5.32 Å². The minimum atomic E-state index is -3.42. The number of aryl methyl sites for hydroxylation is 1. The van der Waals surface area contributed by atoms with Crippen molar-refractivity contribution in [1.29, 1.82) is 0 Å². The second-order valence-corrected chi connectivity index (χ2v) is 10.7. The number of benzene rings is 2. The molecule has 0 unspecified atom stereocenters. The van der Waals surface area contributed by atoms with Gasteiger partial charge in [0.25, 0.3) is 0 Å². The Morgan fingerprint density at radius 2 is 1.77 bits per heavy atom. The number of hydrogen-bond donors (Lipinski definition) is 1. The third-order valence-corrected chi connectivity index (χ3v) is 7.30. The van der Waals surface area contributed by atoms with Gasteiger partial charge >= 0.3 is 0 Å². The van der Waals surface area contributed by atoms with E-state index in [-0.39, 0.29) is 18.9 Å². The van der Waals surface area contributed by atoms with Crippen molar-refractivity contribution in [2.45, 2.75) is 25.5 Å². The highest BCUT2D eigenvalue weighted by Gasteiger charge is 2.19. The number of para-hydroxylation sites is 1. The zero-order valence-electron chi connectivity index (χ0n) is 17.0. The van der Waals surface area contributed by atoms with E-state index in [1.807, 2.05) is 37.3 Å². The molecule has 0 aromatic heterocycles. The van der Waals surface area contributed by atoms with Crippen LogP contribution in [0.15, 0.2) is 42.5 Å². The fourth-order valence-electron chi connectivity index (χ4n) is 2.89. The molecule has 2 aromatic rings. The number of halogens is 2. The van der Waals surface area contributed by atoms with E-state index < -0.39 is 10.0 Å². The topological polar surface area (TPSA) is 66.5 Å². The standard InChI is InChI=1S/C21H26Cl2N2O3S2/c1-16-7-3-4-10-20(16)25(30(2,27)28)13-6-11-21(26)24-12-14-29-15-17-18(22)8-5-9-19(17)23/h3-5,7-10H,6,11-15H2,1-2H3,(H,24,26). The smallest absolute Gasteiger partial charge is 0.232 e. The predicted molar refractivity (Wildman–Crippen MR) is 128 cm³/mol. The predicted octanol–water partition coefficient (Wildman–Crippen LogP) is 4.90. The fraction of sp³-hybridized carbons (Fsp3) is 0.381. The van der Waals surface area contributed by atoms with Gasteiger partial charge in [-0.1, -0.05) is 47.5 Å². The first-order valence-corrected chi connectivity index (χ1v) is 13.3. The number of amides is 1. The number of rotatable bonds is 11. The average molecular weight is 489 g/mol. The lowest BCUT2D eigenvalue weighted by Crippen LogP contribution is -2.33. The summed E-state index contributed by atoms with van der Waals surface area (Å²) in [6.45, 7) is 2.66. The number of carbonyl (C=O) groups excluding carboxylic acids is 1. The van der Waals surface area contributed by atoms with Crippen molar-refractivity contribution < 1.29 is 13.2 Å². The Morgan fingerprint density at radius 1 is 1.10 bits per heavy atom. The summed E-state index contributed by atoms with van der Waals surface area (Å²) in [4.78, 5) is 12.1. The second-order valence-electron chi connectivity index (χ2n) is 6.83. The summed E-state index contributed by atoms with van der Waals surface area (Å²) in [6.07, 6.45) is 1.89. The van der Waals surface area contributed by atoms with Crippen molar-refractivity contribution in [2.75, 3.05) is 29.4 Å². The number of nitrogens with zero attached hydrogens (tertiary/aromatic N) is 1. The Morgan fingerprint density at radius 3 is 2.40 bits per heavy atom. The largest absolute Gasteiger partial charge is 0.355 e. The number of carbonyl (C=O) groups is 1. The molecule has 9 heteroatoms. The summed E-state index contributed by atoms with van der Waals surface area (Å²) >= 11 is 13.9. The van der Waals surface area contributed by atoms with E-state index in [0.29, 0.717) is 34.5 Å². The van der Waals surface area contributed by atoms with Crippen LogP contribution in [0.5, 0.6) is 0 Å². The van der Waals surface area contributed by atoms with Gasteiger partial charge in [-0.25, -0.2) is 8.42 Å². The van der Waals surface area contributed by atoms with Crippen LogP contribution in [-0.4, -0.2) is 39.4 Å². The van der Waals surface area contributed by atoms with Crippen molar-refractivity contribution in [1.82, 2.24) is 5.32 Å². The van der Waals surface area contributed by atoms with Crippen LogP contribution in [0.25, 0.3) is 0 Å². The molecule has 2 rings (SSSR count). The maximum Gasteiger partial charge on any atom is 0.232 e. The van der Waals surface area contributed by atoms with Gasteiger partial charge in [0.05, 0.1) is 11.9 Å². The van der Waals surface area contributed by atoms with Crippen LogP contribution in [0.2, 0.25) is 10.0 Å². The Labute approximate surface area is 193 Å². The maximum absolute atomic E-state index is 12.2. The van der Waals surface area contributed by atoms with Crippen LogP contribution in [-0.2, 0) is 20.6 Å². The van der Waals surface area contributed by atoms with Crippen LogP contribution in [0, 0.1) is 6.92 Å². The third kappa shape index (κ3) is 7.69. The van der Waals surface area contributed by atoms with E-state index >= 15 is 0 Å². The molecular formula is C21H26Cl2N2O3S2. The van der Waals surface area contributed by atoms with Crippen molar-refractivity contribution in [3.8, 4) is 0 Å². The molecule has 1 N–H and O–H groups in total. The van der Waals surface area contributed by atoms with Gasteiger partial charge in [-0.2, -0.15) is 11.8 Å². The summed E-state index contributed by atoms with van der Waals surface area (Å²) in [5, 5.41) is 4.15. The molecule has 5 nitrogen and oxygen atoms in total. The quantitative estimate of drug-likeness (QED) is 0.456. The molecule has 0 saturated carbocycles. The van der Waals surface area contributed by atoms with Gasteiger partial charge in [-0.15, -0.1) is 0 Å². The SMILES string of the molecule is Cc1ccccc1N(CCCC(=O)NCCSCc1c(Cl)cccc1Cl)S(C)(=O)=O. The van der Waals surface area contributed by atoms with Crippen LogP contribution in [0.3, 0.4) is 0 Å². The monoisotopic (exact) mass is 488 g/mol. The van der Waals surface area contributed by atoms with Gasteiger partial charge in [-0.3, -0.25) is 9.10 Å². The summed E-state index contributed by atoms with van der Waals surface area (Å²) in [7, 11) is -3.42. The Bertz CT molecular complexity index is 948. The number of anilines is 1. The molecular weight excluding hydrogens is 463 g/mol. The molecule has 2 aromatic carbocycles. The van der Waals surface area contributed by atoms with E-state index in [1.54, 1.807) is 23.9 Å². The molecule has 30 heavy (non-hydrogen) atoms. The molecule has 164 valence electrons. The summed E-state index contributed by atoms with van der Waals surface area (Å²) in [6, 6.07) is 12.7. The molecule has 0 atom stereocenters. The lowest BCUT2D eigenvalue weighted by atomic mass is 10.2. The molecule has 0 radical (unpaired) electrons. The summed E-state index contributed by atoms with van der Waals surface area (Å²) in [5.74, 6) is 1.31. The molecule has 0 aliphatic heterocycles. The minimum Gasteiger partial charge on any atom is -0.355 e. The van der Waals surface area contributed by atoms with Gasteiger partial charge in [-0.05, 0) is 42.7 Å². The van der Waals surface area contributed by atoms with Gasteiger partial charge in [0.2, 0.25) is 15.9 Å². The van der Waals surface area contributed by atoms with Crippen LogP contribution in [0.4, 0.5) is 5.69 Å². The van der Waals surface area contributed by atoms with E-state index in [9.17, 15) is 13.2 Å². The zero-order valence-corrected chi connectivity index (χ0v) is 20.2. The first-order chi connectivity index (χ1) is 14.2. The van der Waals surface area contributed by atoms with Gasteiger partial charge in [0.1, 0.15) is 0 Å². The first-order valence-electron chi connectivity index (χ1n) is 9.51. The molecule has 0 fully saturated rings. The fourth-order valence-corrected chi connectivity index (χ4v) is 5.51. The van der Waals surface area contributed by atoms with Crippen molar-refractivity contribution >= 4 is 56.6 Å². The van der Waals surface area contributed by atoms with Crippen molar-refractivity contribution in [3.63, 3.8) is 0 Å². The summed E-state index contributed by atoms with van der Waals surface area (Å²) < 4.78 is 25.7. The van der Waals surface area contributed by atoms with Crippen LogP contribution >= 0.6 is 35.0 Å².